The highest BCUT2D eigenvalue weighted by atomic mass is 16.6. The van der Waals surface area contributed by atoms with E-state index < -0.39 is 5.54 Å². The molecule has 0 saturated carbocycles. The number of aromatic nitrogens is 2. The molecule has 5 heteroatoms. The zero-order valence-corrected chi connectivity index (χ0v) is 15.9. The van der Waals surface area contributed by atoms with Crippen molar-refractivity contribution < 1.29 is 4.92 Å². The number of nitrogens with zero attached hydrogens (tertiary/aromatic N) is 3. The fourth-order valence-corrected chi connectivity index (χ4v) is 3.87. The molecule has 3 aromatic carbocycles. The minimum atomic E-state index is -0.635. The quantitative estimate of drug-likeness (QED) is 0.267. The molecular weight excluding hydrogens is 362 g/mol. The van der Waals surface area contributed by atoms with Crippen molar-refractivity contribution in [3.05, 3.63) is 136 Å². The van der Waals surface area contributed by atoms with E-state index in [-0.39, 0.29) is 11.5 Å². The first kappa shape index (κ1) is 18.6. The van der Waals surface area contributed by atoms with Crippen LogP contribution < -0.4 is 0 Å². The van der Waals surface area contributed by atoms with Crippen molar-refractivity contribution in [3.63, 3.8) is 0 Å². The zero-order chi connectivity index (χ0) is 20.1. The summed E-state index contributed by atoms with van der Waals surface area (Å²) in [6.45, 7) is -0.133. The summed E-state index contributed by atoms with van der Waals surface area (Å²) in [5.41, 5.74) is 3.35. The van der Waals surface area contributed by atoms with E-state index in [9.17, 15) is 10.1 Å². The summed E-state index contributed by atoms with van der Waals surface area (Å²) < 4.78 is 2.07. The molecule has 0 fully saturated rings. The molecule has 0 atom stereocenters. The maximum absolute atomic E-state index is 10.8. The number of imidazole rings is 1. The molecule has 5 nitrogen and oxygen atoms in total. The fourth-order valence-electron chi connectivity index (χ4n) is 3.87. The molecule has 0 radical (unpaired) electrons. The normalized spacial score (nSPS) is 11.3. The monoisotopic (exact) mass is 383 g/mol. The van der Waals surface area contributed by atoms with Crippen LogP contribution >= 0.6 is 0 Å². The Morgan fingerprint density at radius 3 is 1.66 bits per heavy atom. The number of rotatable bonds is 7. The lowest BCUT2D eigenvalue weighted by Gasteiger charge is -2.37. The molecule has 0 N–H and O–H groups in total. The van der Waals surface area contributed by atoms with Gasteiger partial charge in [-0.25, -0.2) is 4.98 Å². The van der Waals surface area contributed by atoms with Gasteiger partial charge in [0, 0.05) is 11.1 Å². The summed E-state index contributed by atoms with van der Waals surface area (Å²) in [6, 6.07) is 30.8. The van der Waals surface area contributed by atoms with E-state index >= 15 is 0 Å². The molecule has 29 heavy (non-hydrogen) atoms. The van der Waals surface area contributed by atoms with Crippen molar-refractivity contribution in [1.82, 2.24) is 9.55 Å². The molecule has 0 amide bonds. The second-order valence-electron chi connectivity index (χ2n) is 6.89. The Kier molecular flexibility index (Phi) is 5.20. The second kappa shape index (κ2) is 8.10. The van der Waals surface area contributed by atoms with Crippen LogP contribution in [-0.2, 0) is 12.0 Å². The van der Waals surface area contributed by atoms with Gasteiger partial charge in [0.05, 0.1) is 18.4 Å². The van der Waals surface area contributed by atoms with Gasteiger partial charge in [-0.2, -0.15) is 0 Å². The van der Waals surface area contributed by atoms with Crippen LogP contribution in [0.15, 0.2) is 104 Å². The van der Waals surface area contributed by atoms with Crippen LogP contribution in [0.25, 0.3) is 0 Å². The minimum absolute atomic E-state index is 0.133. The molecule has 144 valence electrons. The van der Waals surface area contributed by atoms with Gasteiger partial charge in [-0.3, -0.25) is 10.1 Å². The average Bonchev–Trinajstić information content (AvgIpc) is 3.24. The topological polar surface area (TPSA) is 61.0 Å². The predicted molar refractivity (Wildman–Crippen MR) is 112 cm³/mol. The zero-order valence-electron chi connectivity index (χ0n) is 15.9. The third kappa shape index (κ3) is 3.55. The van der Waals surface area contributed by atoms with Gasteiger partial charge in [-0.15, -0.1) is 0 Å². The van der Waals surface area contributed by atoms with Gasteiger partial charge in [0.2, 0.25) is 6.54 Å². The molecule has 0 aliphatic carbocycles. The van der Waals surface area contributed by atoms with Gasteiger partial charge >= 0.3 is 0 Å². The van der Waals surface area contributed by atoms with Crippen molar-refractivity contribution in [2.24, 2.45) is 0 Å². The Balaban J connectivity index is 1.97. The standard InChI is InChI=1S/C24H21N3O2/c28-27(29)17-16-23-18-26(19-25-23)24(20-10-4-1-5-11-20,21-12-6-2-7-13-21)22-14-8-3-9-15-22/h1-15,18-19H,16-17H2. The Morgan fingerprint density at radius 1 is 0.793 bits per heavy atom. The lowest BCUT2D eigenvalue weighted by Crippen LogP contribution is -2.36. The van der Waals surface area contributed by atoms with Crippen LogP contribution in [-0.4, -0.2) is 21.0 Å². The molecule has 1 aromatic heterocycles. The van der Waals surface area contributed by atoms with E-state index in [4.69, 9.17) is 0 Å². The Hall–Kier alpha value is -3.73. The van der Waals surface area contributed by atoms with E-state index in [0.717, 1.165) is 16.7 Å². The van der Waals surface area contributed by atoms with Gasteiger partial charge in [0.1, 0.15) is 5.54 Å². The summed E-state index contributed by atoms with van der Waals surface area (Å²) in [7, 11) is 0. The van der Waals surface area contributed by atoms with Gasteiger partial charge in [-0.05, 0) is 16.7 Å². The Bertz CT molecular complexity index is 980. The van der Waals surface area contributed by atoms with Gasteiger partial charge < -0.3 is 4.57 Å². The molecular formula is C24H21N3O2. The highest BCUT2D eigenvalue weighted by molar-refractivity contribution is 5.50. The van der Waals surface area contributed by atoms with Gasteiger partial charge in [-0.1, -0.05) is 91.0 Å². The largest absolute Gasteiger partial charge is 0.319 e. The Morgan fingerprint density at radius 2 is 1.24 bits per heavy atom. The van der Waals surface area contributed by atoms with Gasteiger partial charge in [0.15, 0.2) is 0 Å². The van der Waals surface area contributed by atoms with E-state index in [0.29, 0.717) is 12.1 Å². The molecule has 0 unspecified atom stereocenters. The molecule has 0 saturated heterocycles. The molecule has 0 aliphatic rings. The second-order valence-corrected chi connectivity index (χ2v) is 6.89. The summed E-state index contributed by atoms with van der Waals surface area (Å²) in [5, 5.41) is 10.8. The van der Waals surface area contributed by atoms with Crippen LogP contribution in [0.4, 0.5) is 0 Å². The molecule has 0 spiro atoms. The SMILES string of the molecule is O=[N+]([O-])CCc1cn(C(c2ccccc2)(c2ccccc2)c2ccccc2)cn1. The first-order chi connectivity index (χ1) is 14.2. The number of hydrogen-bond acceptors (Lipinski definition) is 3. The molecule has 4 aromatic rings. The maximum Gasteiger partial charge on any atom is 0.209 e. The molecule has 0 aliphatic heterocycles. The van der Waals surface area contributed by atoms with E-state index in [1.165, 1.54) is 0 Å². The highest BCUT2D eigenvalue weighted by Gasteiger charge is 2.38. The van der Waals surface area contributed by atoms with Crippen LogP contribution in [0, 0.1) is 10.1 Å². The summed E-state index contributed by atoms with van der Waals surface area (Å²) in [5.74, 6) is 0. The summed E-state index contributed by atoms with van der Waals surface area (Å²) >= 11 is 0. The van der Waals surface area contributed by atoms with Crippen LogP contribution in [0.3, 0.4) is 0 Å². The summed E-state index contributed by atoms with van der Waals surface area (Å²) in [6.07, 6.45) is 4.01. The van der Waals surface area contributed by atoms with Gasteiger partial charge in [0.25, 0.3) is 0 Å². The minimum Gasteiger partial charge on any atom is -0.319 e. The van der Waals surface area contributed by atoms with Crippen molar-refractivity contribution in [2.45, 2.75) is 12.0 Å². The van der Waals surface area contributed by atoms with Crippen molar-refractivity contribution >= 4 is 0 Å². The van der Waals surface area contributed by atoms with E-state index in [2.05, 4.69) is 45.9 Å². The van der Waals surface area contributed by atoms with E-state index in [1.54, 1.807) is 6.33 Å². The summed E-state index contributed by atoms with van der Waals surface area (Å²) in [4.78, 5) is 15.0. The number of hydrogen-bond donors (Lipinski definition) is 0. The molecule has 0 bridgehead atoms. The smallest absolute Gasteiger partial charge is 0.209 e. The lowest BCUT2D eigenvalue weighted by molar-refractivity contribution is -0.479. The number of benzene rings is 3. The van der Waals surface area contributed by atoms with Crippen LogP contribution in [0.1, 0.15) is 22.4 Å². The fraction of sp³-hybridized carbons (Fsp3) is 0.125. The first-order valence-corrected chi connectivity index (χ1v) is 9.53. The average molecular weight is 383 g/mol. The van der Waals surface area contributed by atoms with Crippen LogP contribution in [0.5, 0.6) is 0 Å². The maximum atomic E-state index is 10.8. The third-order valence-electron chi connectivity index (χ3n) is 5.15. The van der Waals surface area contributed by atoms with Crippen LogP contribution in [0.2, 0.25) is 0 Å². The molecule has 4 rings (SSSR count). The predicted octanol–water partition coefficient (Wildman–Crippen LogP) is 4.54. The Labute approximate surface area is 169 Å². The lowest BCUT2D eigenvalue weighted by atomic mass is 9.77. The third-order valence-corrected chi connectivity index (χ3v) is 5.15. The van der Waals surface area contributed by atoms with Crippen molar-refractivity contribution in [3.8, 4) is 0 Å². The number of nitro groups is 1. The first-order valence-electron chi connectivity index (χ1n) is 9.53. The van der Waals surface area contributed by atoms with E-state index in [1.807, 2.05) is 60.8 Å². The van der Waals surface area contributed by atoms with Crippen molar-refractivity contribution in [1.29, 1.82) is 0 Å². The van der Waals surface area contributed by atoms with Crippen molar-refractivity contribution in [2.75, 3.05) is 6.54 Å². The molecule has 1 heterocycles. The highest BCUT2D eigenvalue weighted by Crippen LogP contribution is 2.40.